The summed E-state index contributed by atoms with van der Waals surface area (Å²) in [5, 5.41) is 23.4. The van der Waals surface area contributed by atoms with Crippen LogP contribution in [0.1, 0.15) is 116 Å². The molecule has 0 radical (unpaired) electrons. The van der Waals surface area contributed by atoms with Gasteiger partial charge in [-0.1, -0.05) is 89.2 Å². The first-order valence-corrected chi connectivity index (χ1v) is 22.3. The smallest absolute Gasteiger partial charge is 0.246 e. The second-order valence-electron chi connectivity index (χ2n) is 18.5. The molecule has 1 heterocycles. The molecule has 1 aliphatic carbocycles. The zero-order valence-corrected chi connectivity index (χ0v) is 38.7. The van der Waals surface area contributed by atoms with Gasteiger partial charge < -0.3 is 47.4 Å². The molecule has 4 rings (SSSR count). The zero-order chi connectivity index (χ0) is 46.6. The van der Waals surface area contributed by atoms with Gasteiger partial charge in [0.2, 0.25) is 41.4 Å². The summed E-state index contributed by atoms with van der Waals surface area (Å²) in [4.78, 5) is 97.7. The average molecular weight is 874 g/mol. The average Bonchev–Trinajstić information content (AvgIpc) is 3.68. The summed E-state index contributed by atoms with van der Waals surface area (Å²) in [6.45, 7) is 14.3. The van der Waals surface area contributed by atoms with Gasteiger partial charge in [-0.3, -0.25) is 33.6 Å². The van der Waals surface area contributed by atoms with Crippen LogP contribution in [-0.2, 0) is 40.0 Å². The molecule has 1 saturated heterocycles. The standard InChI is InChI=1S/C47H71N9O7/c1-27(2)39(54-41(58)29(4)48-9)46(63)56-26-33(25-37(56)44(61)50-28(3)31-17-12-11-13-18-31)51-38(57)24-23-36(43(60)52-35-22-16-20-32-19-14-15-21-34(32)35)53-45(62)40(47(6,7)8)55-42(59)30(5)49-10/h11-15,17-19,21,27-30,33,35-37,39-40,48-49H,16,20,22-26H2,1-10H3,(H,50,61)(H,51,57)(H,52,60)(H,53,62)(H,54,58)(H,55,59)/t28-,29+,30-,33+,35+,36-,37+,39+,40+/m1/s1. The summed E-state index contributed by atoms with van der Waals surface area (Å²) >= 11 is 0. The Hall–Kier alpha value is -5.35. The fourth-order valence-corrected chi connectivity index (χ4v) is 8.02. The van der Waals surface area contributed by atoms with Crippen LogP contribution in [0.2, 0.25) is 0 Å². The molecular formula is C47H71N9O7. The number of hydrogen-bond acceptors (Lipinski definition) is 9. The molecule has 0 unspecified atom stereocenters. The molecule has 1 aliphatic heterocycles. The van der Waals surface area contributed by atoms with Gasteiger partial charge in [0, 0.05) is 19.0 Å². The van der Waals surface area contributed by atoms with Gasteiger partial charge in [0.25, 0.3) is 0 Å². The number of hydrogen-bond donors (Lipinski definition) is 8. The summed E-state index contributed by atoms with van der Waals surface area (Å²) in [7, 11) is 3.29. The van der Waals surface area contributed by atoms with Gasteiger partial charge in [-0.25, -0.2) is 0 Å². The SMILES string of the molecule is CN[C@@H](C)C(=O)N[C@H](C(=O)N1C[C@@H](NC(=O)CC[C@@H](NC(=O)[C@H](NC(=O)[C@@H](C)NC)C(C)(C)C)C(=O)N[C@H]2CCCc3ccccc32)C[C@H]1C(=O)N[C@H](C)c1ccccc1)C(C)C. The fraction of sp³-hybridized carbons (Fsp3) is 0.596. The van der Waals surface area contributed by atoms with Crippen LogP contribution in [0.25, 0.3) is 0 Å². The zero-order valence-electron chi connectivity index (χ0n) is 38.7. The lowest BCUT2D eigenvalue weighted by Crippen LogP contribution is -2.59. The van der Waals surface area contributed by atoms with E-state index in [4.69, 9.17) is 0 Å². The van der Waals surface area contributed by atoms with Gasteiger partial charge in [0.1, 0.15) is 24.2 Å². The second-order valence-corrected chi connectivity index (χ2v) is 18.5. The van der Waals surface area contributed by atoms with Crippen LogP contribution in [0.4, 0.5) is 0 Å². The quantitative estimate of drug-likeness (QED) is 0.104. The minimum absolute atomic E-state index is 0.00277. The van der Waals surface area contributed by atoms with Crippen molar-refractivity contribution in [3.8, 4) is 0 Å². The first-order valence-electron chi connectivity index (χ1n) is 22.3. The minimum atomic E-state index is -1.14. The van der Waals surface area contributed by atoms with Crippen molar-refractivity contribution < 1.29 is 33.6 Å². The van der Waals surface area contributed by atoms with E-state index >= 15 is 0 Å². The molecule has 0 aromatic heterocycles. The molecule has 63 heavy (non-hydrogen) atoms. The van der Waals surface area contributed by atoms with E-state index in [0.29, 0.717) is 6.42 Å². The summed E-state index contributed by atoms with van der Waals surface area (Å²) in [6.07, 6.45) is 2.32. The van der Waals surface area contributed by atoms with E-state index < -0.39 is 77.2 Å². The Balaban J connectivity index is 1.55. The largest absolute Gasteiger partial charge is 0.351 e. The van der Waals surface area contributed by atoms with Gasteiger partial charge in [0.05, 0.1) is 24.2 Å². The summed E-state index contributed by atoms with van der Waals surface area (Å²) in [5.74, 6) is -3.38. The van der Waals surface area contributed by atoms with Gasteiger partial charge in [-0.05, 0) is 95.0 Å². The number of fused-ring (bicyclic) bond motifs is 1. The monoisotopic (exact) mass is 874 g/mol. The molecular weight excluding hydrogens is 803 g/mol. The molecule has 0 bridgehead atoms. The molecule has 1 fully saturated rings. The van der Waals surface area contributed by atoms with Crippen LogP contribution in [0, 0.1) is 11.3 Å². The van der Waals surface area contributed by atoms with E-state index in [0.717, 1.165) is 29.5 Å². The Kier molecular flexibility index (Phi) is 18.2. The van der Waals surface area contributed by atoms with Crippen LogP contribution < -0.4 is 42.5 Å². The van der Waals surface area contributed by atoms with Crippen molar-refractivity contribution in [3.05, 3.63) is 71.3 Å². The number of aryl methyl sites for hydroxylation is 1. The van der Waals surface area contributed by atoms with Crippen LogP contribution in [0.5, 0.6) is 0 Å². The maximum atomic E-state index is 14.3. The molecule has 7 amide bonds. The third-order valence-corrected chi connectivity index (χ3v) is 12.2. The Bertz CT molecular complexity index is 1920. The molecule has 2 aromatic rings. The van der Waals surface area contributed by atoms with E-state index in [9.17, 15) is 33.6 Å². The Morgan fingerprint density at radius 1 is 0.730 bits per heavy atom. The summed E-state index contributed by atoms with van der Waals surface area (Å²) in [6, 6.07) is 10.8. The first kappa shape index (κ1) is 50.3. The highest BCUT2D eigenvalue weighted by atomic mass is 16.2. The second kappa shape index (κ2) is 22.8. The van der Waals surface area contributed by atoms with Gasteiger partial charge in [-0.2, -0.15) is 0 Å². The van der Waals surface area contributed by atoms with Gasteiger partial charge in [0.15, 0.2) is 0 Å². The molecule has 16 heteroatoms. The van der Waals surface area contributed by atoms with E-state index in [1.165, 1.54) is 4.90 Å². The maximum Gasteiger partial charge on any atom is 0.246 e. The number of carbonyl (C=O) groups excluding carboxylic acids is 7. The number of carbonyl (C=O) groups is 7. The number of rotatable bonds is 19. The number of nitrogens with zero attached hydrogens (tertiary/aromatic N) is 1. The van der Waals surface area contributed by atoms with E-state index in [2.05, 4.69) is 42.5 Å². The van der Waals surface area contributed by atoms with E-state index in [1.807, 2.05) is 96.1 Å². The van der Waals surface area contributed by atoms with E-state index in [1.54, 1.807) is 27.9 Å². The van der Waals surface area contributed by atoms with Crippen molar-refractivity contribution in [2.75, 3.05) is 20.6 Å². The van der Waals surface area contributed by atoms with Crippen LogP contribution in [0.3, 0.4) is 0 Å². The predicted molar refractivity (Wildman–Crippen MR) is 242 cm³/mol. The summed E-state index contributed by atoms with van der Waals surface area (Å²) < 4.78 is 0. The molecule has 346 valence electrons. The molecule has 2 aliphatic rings. The summed E-state index contributed by atoms with van der Waals surface area (Å²) in [5.41, 5.74) is 2.29. The van der Waals surface area contributed by atoms with Crippen molar-refractivity contribution in [2.45, 2.75) is 148 Å². The molecule has 8 N–H and O–H groups in total. The third-order valence-electron chi connectivity index (χ3n) is 12.2. The Morgan fingerprint density at radius 2 is 1.35 bits per heavy atom. The maximum absolute atomic E-state index is 14.3. The van der Waals surface area contributed by atoms with Crippen LogP contribution in [-0.4, -0.2) is 109 Å². The molecule has 0 spiro atoms. The molecule has 9 atom stereocenters. The lowest BCUT2D eigenvalue weighted by molar-refractivity contribution is -0.142. The normalized spacial score (nSPS) is 20.2. The molecule has 0 saturated carbocycles. The highest BCUT2D eigenvalue weighted by Gasteiger charge is 2.44. The first-order chi connectivity index (χ1) is 29.7. The number of nitrogens with one attached hydrogen (secondary N) is 8. The van der Waals surface area contributed by atoms with Gasteiger partial charge in [-0.15, -0.1) is 0 Å². The van der Waals surface area contributed by atoms with Gasteiger partial charge >= 0.3 is 0 Å². The lowest BCUT2D eigenvalue weighted by Gasteiger charge is -2.33. The van der Waals surface area contributed by atoms with Crippen LogP contribution >= 0.6 is 0 Å². The topological polar surface area (TPSA) is 219 Å². The fourth-order valence-electron chi connectivity index (χ4n) is 8.02. The number of benzene rings is 2. The predicted octanol–water partition coefficient (Wildman–Crippen LogP) is 2.30. The highest BCUT2D eigenvalue weighted by molar-refractivity contribution is 5.95. The van der Waals surface area contributed by atoms with Crippen molar-refractivity contribution in [2.24, 2.45) is 11.3 Å². The van der Waals surface area contributed by atoms with E-state index in [-0.39, 0.29) is 55.6 Å². The minimum Gasteiger partial charge on any atom is -0.351 e. The van der Waals surface area contributed by atoms with Crippen molar-refractivity contribution in [1.29, 1.82) is 0 Å². The number of likely N-dealkylation sites (N-methyl/N-ethyl adjacent to an activating group) is 2. The van der Waals surface area contributed by atoms with Crippen molar-refractivity contribution in [1.82, 2.24) is 47.4 Å². The highest BCUT2D eigenvalue weighted by Crippen LogP contribution is 2.30. The lowest BCUT2D eigenvalue weighted by atomic mass is 9.85. The number of likely N-dealkylation sites (tertiary alicyclic amines) is 1. The molecule has 16 nitrogen and oxygen atoms in total. The van der Waals surface area contributed by atoms with Crippen molar-refractivity contribution in [3.63, 3.8) is 0 Å². The van der Waals surface area contributed by atoms with Crippen molar-refractivity contribution >= 4 is 41.4 Å². The molecule has 2 aromatic carbocycles. The number of amides is 7. The van der Waals surface area contributed by atoms with Crippen LogP contribution in [0.15, 0.2) is 54.6 Å². The Morgan fingerprint density at radius 3 is 1.97 bits per heavy atom. The Labute approximate surface area is 373 Å². The third kappa shape index (κ3) is 13.8.